The van der Waals surface area contributed by atoms with Crippen molar-refractivity contribution in [1.82, 2.24) is 0 Å². The van der Waals surface area contributed by atoms with E-state index in [0.29, 0.717) is 17.2 Å². The van der Waals surface area contributed by atoms with Gasteiger partial charge in [0.15, 0.2) is 11.5 Å². The Bertz CT molecular complexity index is 825. The minimum Gasteiger partial charge on any atom is -0.463 e. The van der Waals surface area contributed by atoms with E-state index in [1.54, 1.807) is 0 Å². The van der Waals surface area contributed by atoms with Gasteiger partial charge in [-0.1, -0.05) is 18.2 Å². The second-order valence-electron chi connectivity index (χ2n) is 7.14. The number of fused-ring (bicyclic) bond motifs is 2. The molecule has 3 heterocycles. The zero-order chi connectivity index (χ0) is 19.9. The van der Waals surface area contributed by atoms with Crippen molar-refractivity contribution in [2.24, 2.45) is 0 Å². The predicted molar refractivity (Wildman–Crippen MR) is 106 cm³/mol. The van der Waals surface area contributed by atoms with Crippen molar-refractivity contribution in [3.63, 3.8) is 0 Å². The summed E-state index contributed by atoms with van der Waals surface area (Å²) in [6.07, 6.45) is 5.20. The molecular weight excluding hydrogens is 356 g/mol. The number of carbonyl (C=O) groups is 2. The van der Waals surface area contributed by atoms with Crippen molar-refractivity contribution in [3.05, 3.63) is 53.6 Å². The molecule has 0 amide bonds. The molecule has 148 valence electrons. The average molecular weight is 382 g/mol. The zero-order valence-corrected chi connectivity index (χ0v) is 16.4. The van der Waals surface area contributed by atoms with Crippen LogP contribution in [0.15, 0.2) is 42.5 Å². The van der Waals surface area contributed by atoms with Crippen molar-refractivity contribution in [3.8, 4) is 17.2 Å². The lowest BCUT2D eigenvalue weighted by Crippen LogP contribution is -2.17. The topological polar surface area (TPSA) is 61.8 Å². The molecule has 5 rings (SSSR count). The molecule has 0 unspecified atom stereocenters. The third kappa shape index (κ3) is 5.84. The Kier molecular flexibility index (Phi) is 6.69. The van der Waals surface area contributed by atoms with Crippen LogP contribution in [0.3, 0.4) is 0 Å². The lowest BCUT2D eigenvalue weighted by molar-refractivity contribution is -0.147. The summed E-state index contributed by atoms with van der Waals surface area (Å²) in [5, 5.41) is 0. The number of rotatable bonds is 2. The molecule has 0 fully saturated rings. The van der Waals surface area contributed by atoms with Crippen LogP contribution in [0.2, 0.25) is 0 Å². The molecule has 0 saturated carbocycles. The molecule has 0 saturated heterocycles. The molecule has 2 aromatic rings. The Labute approximate surface area is 165 Å². The Hall–Kier alpha value is -2.82. The van der Waals surface area contributed by atoms with Gasteiger partial charge in [0.2, 0.25) is 0 Å². The van der Waals surface area contributed by atoms with Crippen molar-refractivity contribution in [2.45, 2.75) is 58.5 Å². The molecule has 0 radical (unpaired) electrons. The lowest BCUT2D eigenvalue weighted by Gasteiger charge is -2.18. The summed E-state index contributed by atoms with van der Waals surface area (Å²) in [6, 6.07) is 13.5. The van der Waals surface area contributed by atoms with E-state index in [0.717, 1.165) is 49.7 Å². The third-order valence-corrected chi connectivity index (χ3v) is 4.74. The lowest BCUT2D eigenvalue weighted by atomic mass is 10.0. The fourth-order valence-electron chi connectivity index (χ4n) is 3.40. The van der Waals surface area contributed by atoms with Crippen LogP contribution in [-0.4, -0.2) is 18.0 Å². The number of ether oxygens (including phenoxy) is 3. The van der Waals surface area contributed by atoms with Gasteiger partial charge in [-0.3, -0.25) is 9.59 Å². The monoisotopic (exact) mass is 382 g/mol. The number of hydrogen-bond acceptors (Lipinski definition) is 5. The first-order valence-corrected chi connectivity index (χ1v) is 9.75. The van der Waals surface area contributed by atoms with E-state index in [1.165, 1.54) is 13.8 Å². The summed E-state index contributed by atoms with van der Waals surface area (Å²) < 4.78 is 16.8. The molecule has 3 aliphatic rings. The largest absolute Gasteiger partial charge is 0.463 e. The Morgan fingerprint density at radius 2 is 1.64 bits per heavy atom. The van der Waals surface area contributed by atoms with Gasteiger partial charge < -0.3 is 14.2 Å². The molecule has 0 N–H and O–H groups in total. The van der Waals surface area contributed by atoms with Gasteiger partial charge in [0.25, 0.3) is 0 Å². The maximum absolute atomic E-state index is 11.5. The number of esters is 2. The molecule has 1 atom stereocenters. The predicted octanol–water partition coefficient (Wildman–Crippen LogP) is 4.99. The molecule has 2 aromatic carbocycles. The summed E-state index contributed by atoms with van der Waals surface area (Å²) >= 11 is 0. The Morgan fingerprint density at radius 3 is 2.36 bits per heavy atom. The van der Waals surface area contributed by atoms with E-state index in [2.05, 4.69) is 0 Å². The van der Waals surface area contributed by atoms with E-state index in [1.807, 2.05) is 42.5 Å². The van der Waals surface area contributed by atoms with Crippen molar-refractivity contribution < 1.29 is 23.8 Å². The van der Waals surface area contributed by atoms with Crippen LogP contribution in [0.1, 0.15) is 50.7 Å². The maximum Gasteiger partial charge on any atom is 0.308 e. The maximum atomic E-state index is 11.5. The van der Waals surface area contributed by atoms with Crippen LogP contribution in [0, 0.1) is 0 Å². The summed E-state index contributed by atoms with van der Waals surface area (Å²) in [4.78, 5) is 22.9. The van der Waals surface area contributed by atoms with Crippen molar-refractivity contribution in [2.75, 3.05) is 0 Å². The smallest absolute Gasteiger partial charge is 0.308 e. The highest BCUT2D eigenvalue weighted by molar-refractivity contribution is 5.70. The number of benzene rings is 2. The zero-order valence-electron chi connectivity index (χ0n) is 16.4. The SMILES string of the molecule is CC(=O)Oc1cc2ccc1Oc1ccc(cc1)CC[C@H](OC(C)=O)CCCC2. The molecule has 5 nitrogen and oxygen atoms in total. The normalized spacial score (nSPS) is 17.0. The van der Waals surface area contributed by atoms with Crippen LogP contribution in [0.25, 0.3) is 0 Å². The van der Waals surface area contributed by atoms with E-state index >= 15 is 0 Å². The Balaban J connectivity index is 1.86. The highest BCUT2D eigenvalue weighted by Gasteiger charge is 2.14. The number of aryl methyl sites for hydroxylation is 2. The minimum absolute atomic E-state index is 0.0692. The highest BCUT2D eigenvalue weighted by atomic mass is 16.6. The fraction of sp³-hybridized carbons (Fsp3) is 0.391. The van der Waals surface area contributed by atoms with Crippen LogP contribution in [0.4, 0.5) is 0 Å². The minimum atomic E-state index is -0.379. The molecule has 5 heteroatoms. The molecular formula is C23H26O5. The van der Waals surface area contributed by atoms with Gasteiger partial charge >= 0.3 is 11.9 Å². The number of carbonyl (C=O) groups excluding carboxylic acids is 2. The first-order valence-electron chi connectivity index (χ1n) is 9.75. The van der Waals surface area contributed by atoms with Crippen LogP contribution in [-0.2, 0) is 27.2 Å². The molecule has 3 aliphatic heterocycles. The quantitative estimate of drug-likeness (QED) is 0.541. The summed E-state index contributed by atoms with van der Waals surface area (Å²) in [5.41, 5.74) is 2.24. The molecule has 0 spiro atoms. The van der Waals surface area contributed by atoms with Crippen molar-refractivity contribution in [1.29, 1.82) is 0 Å². The molecule has 0 aromatic heterocycles. The summed E-state index contributed by atoms with van der Waals surface area (Å²) in [7, 11) is 0. The molecule has 0 aliphatic carbocycles. The molecule has 4 bridgehead atoms. The first-order chi connectivity index (χ1) is 13.5. The van der Waals surface area contributed by atoms with Gasteiger partial charge in [0, 0.05) is 13.8 Å². The fourth-order valence-corrected chi connectivity index (χ4v) is 3.40. The first kappa shape index (κ1) is 19.9. The summed E-state index contributed by atoms with van der Waals surface area (Å²) in [5.74, 6) is 1.02. The van der Waals surface area contributed by atoms with E-state index in [9.17, 15) is 9.59 Å². The van der Waals surface area contributed by atoms with Gasteiger partial charge in [0.05, 0.1) is 0 Å². The van der Waals surface area contributed by atoms with Gasteiger partial charge in [-0.15, -0.1) is 0 Å². The van der Waals surface area contributed by atoms with Gasteiger partial charge in [-0.05, 0) is 73.9 Å². The van der Waals surface area contributed by atoms with Gasteiger partial charge in [-0.2, -0.15) is 0 Å². The second-order valence-corrected chi connectivity index (χ2v) is 7.14. The third-order valence-electron chi connectivity index (χ3n) is 4.74. The Morgan fingerprint density at radius 1 is 0.893 bits per heavy atom. The summed E-state index contributed by atoms with van der Waals surface area (Å²) in [6.45, 7) is 2.84. The van der Waals surface area contributed by atoms with Gasteiger partial charge in [0.1, 0.15) is 11.9 Å². The van der Waals surface area contributed by atoms with Crippen LogP contribution < -0.4 is 9.47 Å². The number of hydrogen-bond donors (Lipinski definition) is 0. The highest BCUT2D eigenvalue weighted by Crippen LogP contribution is 2.33. The van der Waals surface area contributed by atoms with E-state index < -0.39 is 0 Å². The van der Waals surface area contributed by atoms with E-state index in [-0.39, 0.29) is 18.0 Å². The van der Waals surface area contributed by atoms with E-state index in [4.69, 9.17) is 14.2 Å². The second kappa shape index (κ2) is 9.40. The van der Waals surface area contributed by atoms with Crippen LogP contribution >= 0.6 is 0 Å². The average Bonchev–Trinajstić information content (AvgIpc) is 2.64. The standard InChI is InChI=1S/C23H26O5/c1-16(24)26-20-6-4-3-5-19-10-14-22(23(15-19)27-17(2)25)28-21-12-8-18(7-11-20)9-13-21/h8-10,12-15,20H,3-7,11H2,1-2H3/t20-/m1/s1. The van der Waals surface area contributed by atoms with Gasteiger partial charge in [-0.25, -0.2) is 0 Å². The van der Waals surface area contributed by atoms with Crippen LogP contribution in [0.5, 0.6) is 17.2 Å². The van der Waals surface area contributed by atoms with Crippen molar-refractivity contribution >= 4 is 11.9 Å². The molecule has 28 heavy (non-hydrogen) atoms.